The molecule has 0 fully saturated rings. The second-order valence-corrected chi connectivity index (χ2v) is 4.31. The van der Waals surface area contributed by atoms with E-state index in [4.69, 9.17) is 4.74 Å². The van der Waals surface area contributed by atoms with Gasteiger partial charge in [0.2, 0.25) is 0 Å². The summed E-state index contributed by atoms with van der Waals surface area (Å²) in [6, 6.07) is 7.35. The topological polar surface area (TPSA) is 55.4 Å². The monoisotopic (exact) mass is 275 g/mol. The molecule has 0 spiro atoms. The van der Waals surface area contributed by atoms with E-state index >= 15 is 0 Å². The summed E-state index contributed by atoms with van der Waals surface area (Å²) in [5, 5.41) is 3.02. The molecule has 0 aliphatic heterocycles. The number of carbonyl (C=O) groups excluding carboxylic acids is 2. The van der Waals surface area contributed by atoms with Gasteiger partial charge in [-0.2, -0.15) is 0 Å². The van der Waals surface area contributed by atoms with E-state index < -0.39 is 0 Å². The Kier molecular flexibility index (Phi) is 7.29. The Morgan fingerprint density at radius 1 is 1.20 bits per heavy atom. The van der Waals surface area contributed by atoms with E-state index in [1.54, 1.807) is 19.1 Å². The predicted octanol–water partition coefficient (Wildman–Crippen LogP) is 2.45. The fourth-order valence-electron chi connectivity index (χ4n) is 1.69. The number of ether oxygens (including phenoxy) is 1. The number of likely N-dealkylation sites (N-methyl/N-ethyl adjacent to an activating group) is 1. The molecule has 1 aromatic rings. The number of ketones is 1. The van der Waals surface area contributed by atoms with Crippen LogP contribution in [0.3, 0.4) is 0 Å². The van der Waals surface area contributed by atoms with Crippen molar-refractivity contribution in [3.63, 3.8) is 0 Å². The maximum atomic E-state index is 11.9. The van der Waals surface area contributed by atoms with E-state index in [1.807, 2.05) is 31.3 Å². The maximum absolute atomic E-state index is 11.9. The number of carbonyl (C=O) groups is 2. The molecule has 0 aliphatic rings. The normalized spacial score (nSPS) is 10.7. The average Bonchev–Trinajstić information content (AvgIpc) is 2.46. The van der Waals surface area contributed by atoms with Gasteiger partial charge in [0, 0.05) is 18.5 Å². The molecule has 1 aromatic carbocycles. The van der Waals surface area contributed by atoms with Crippen LogP contribution in [0.1, 0.15) is 35.7 Å². The highest BCUT2D eigenvalue weighted by Crippen LogP contribution is 2.10. The number of hydrogen-bond donors (Lipinski definition) is 1. The van der Waals surface area contributed by atoms with Gasteiger partial charge in [-0.1, -0.05) is 36.4 Å². The molecule has 4 nitrogen and oxygen atoms in total. The molecule has 0 unspecified atom stereocenters. The molecule has 0 radical (unpaired) electrons. The Morgan fingerprint density at radius 3 is 2.50 bits per heavy atom. The number of hydrogen-bond acceptors (Lipinski definition) is 4. The van der Waals surface area contributed by atoms with Gasteiger partial charge >= 0.3 is 5.97 Å². The van der Waals surface area contributed by atoms with Crippen LogP contribution >= 0.6 is 0 Å². The number of nitrogens with one attached hydrogen (secondary N) is 1. The van der Waals surface area contributed by atoms with Gasteiger partial charge in [0.25, 0.3) is 0 Å². The Morgan fingerprint density at radius 2 is 1.90 bits per heavy atom. The van der Waals surface area contributed by atoms with E-state index in [0.29, 0.717) is 12.2 Å². The van der Waals surface area contributed by atoms with Gasteiger partial charge in [-0.25, -0.2) is 0 Å². The standard InChI is InChI=1S/C16H21NO3/c1-3-20-16(19)11-10-15(18)14-8-6-13(7-9-14)5-4-12-17-2/h4-9,17H,3,10-12H2,1-2H3. The number of rotatable bonds is 8. The predicted molar refractivity (Wildman–Crippen MR) is 79.6 cm³/mol. The van der Waals surface area contributed by atoms with Crippen LogP contribution in [0.25, 0.3) is 6.08 Å². The lowest BCUT2D eigenvalue weighted by molar-refractivity contribution is -0.143. The van der Waals surface area contributed by atoms with Crippen molar-refractivity contribution in [3.05, 3.63) is 41.5 Å². The van der Waals surface area contributed by atoms with Crippen molar-refractivity contribution in [3.8, 4) is 0 Å². The molecular weight excluding hydrogens is 254 g/mol. The third-order valence-corrected chi connectivity index (χ3v) is 2.73. The summed E-state index contributed by atoms with van der Waals surface area (Å²) in [6.07, 6.45) is 4.32. The summed E-state index contributed by atoms with van der Waals surface area (Å²) in [4.78, 5) is 23.1. The number of Topliss-reactive ketones (excluding diaryl/α,β-unsaturated/α-hetero) is 1. The van der Waals surface area contributed by atoms with Crippen LogP contribution in [0, 0.1) is 0 Å². The minimum absolute atomic E-state index is 0.0381. The molecule has 0 atom stereocenters. The van der Waals surface area contributed by atoms with Gasteiger partial charge in [0.1, 0.15) is 0 Å². The summed E-state index contributed by atoms with van der Waals surface area (Å²) in [6.45, 7) is 2.90. The summed E-state index contributed by atoms with van der Waals surface area (Å²) in [7, 11) is 1.88. The van der Waals surface area contributed by atoms with Crippen LogP contribution in [-0.2, 0) is 9.53 Å². The van der Waals surface area contributed by atoms with Crippen molar-refractivity contribution in [2.24, 2.45) is 0 Å². The van der Waals surface area contributed by atoms with Gasteiger partial charge in [-0.3, -0.25) is 9.59 Å². The SMILES string of the molecule is CCOC(=O)CCC(=O)c1ccc(C=CCNC)cc1. The van der Waals surface area contributed by atoms with Crippen LogP contribution < -0.4 is 5.32 Å². The van der Waals surface area contributed by atoms with Crippen molar-refractivity contribution in [1.29, 1.82) is 0 Å². The van der Waals surface area contributed by atoms with E-state index in [0.717, 1.165) is 12.1 Å². The van der Waals surface area contributed by atoms with E-state index in [1.165, 1.54) is 0 Å². The average molecular weight is 275 g/mol. The molecule has 0 amide bonds. The Bertz CT molecular complexity index is 463. The maximum Gasteiger partial charge on any atom is 0.306 e. The van der Waals surface area contributed by atoms with E-state index in [2.05, 4.69) is 5.32 Å². The summed E-state index contributed by atoms with van der Waals surface area (Å²) >= 11 is 0. The minimum atomic E-state index is -0.326. The lowest BCUT2D eigenvalue weighted by Crippen LogP contribution is -2.07. The molecular formula is C16H21NO3. The summed E-state index contributed by atoms with van der Waals surface area (Å²) in [5.41, 5.74) is 1.67. The van der Waals surface area contributed by atoms with Crippen LogP contribution in [0.5, 0.6) is 0 Å². The zero-order chi connectivity index (χ0) is 14.8. The van der Waals surface area contributed by atoms with Crippen molar-refractivity contribution < 1.29 is 14.3 Å². The zero-order valence-corrected chi connectivity index (χ0v) is 12.0. The Balaban J connectivity index is 2.51. The molecule has 0 aromatic heterocycles. The molecule has 1 N–H and O–H groups in total. The molecule has 0 bridgehead atoms. The summed E-state index contributed by atoms with van der Waals surface area (Å²) in [5.74, 6) is -0.365. The van der Waals surface area contributed by atoms with Gasteiger partial charge in [0.15, 0.2) is 5.78 Å². The largest absolute Gasteiger partial charge is 0.466 e. The van der Waals surface area contributed by atoms with Gasteiger partial charge in [-0.15, -0.1) is 0 Å². The molecule has 20 heavy (non-hydrogen) atoms. The van der Waals surface area contributed by atoms with Crippen molar-refractivity contribution in [2.75, 3.05) is 20.2 Å². The lowest BCUT2D eigenvalue weighted by Gasteiger charge is -2.02. The molecule has 4 heteroatoms. The van der Waals surface area contributed by atoms with E-state index in [-0.39, 0.29) is 24.6 Å². The molecule has 0 saturated carbocycles. The van der Waals surface area contributed by atoms with Crippen molar-refractivity contribution >= 4 is 17.8 Å². The molecule has 108 valence electrons. The highest BCUT2D eigenvalue weighted by molar-refractivity contribution is 5.97. The first kappa shape index (κ1) is 16.1. The van der Waals surface area contributed by atoms with Gasteiger partial charge in [0.05, 0.1) is 13.0 Å². The zero-order valence-electron chi connectivity index (χ0n) is 12.0. The second kappa shape index (κ2) is 9.04. The minimum Gasteiger partial charge on any atom is -0.466 e. The highest BCUT2D eigenvalue weighted by atomic mass is 16.5. The van der Waals surface area contributed by atoms with Crippen LogP contribution in [-0.4, -0.2) is 32.0 Å². The van der Waals surface area contributed by atoms with Crippen LogP contribution in [0.4, 0.5) is 0 Å². The third kappa shape index (κ3) is 5.80. The lowest BCUT2D eigenvalue weighted by atomic mass is 10.0. The first-order valence-corrected chi connectivity index (χ1v) is 6.77. The molecule has 0 saturated heterocycles. The Labute approximate surface area is 119 Å². The van der Waals surface area contributed by atoms with E-state index in [9.17, 15) is 9.59 Å². The fraction of sp³-hybridized carbons (Fsp3) is 0.375. The van der Waals surface area contributed by atoms with Crippen molar-refractivity contribution in [2.45, 2.75) is 19.8 Å². The number of esters is 1. The first-order chi connectivity index (χ1) is 9.67. The van der Waals surface area contributed by atoms with Crippen LogP contribution in [0.2, 0.25) is 0 Å². The van der Waals surface area contributed by atoms with Gasteiger partial charge in [-0.05, 0) is 19.5 Å². The molecule has 0 aliphatic carbocycles. The molecule has 1 rings (SSSR count). The smallest absolute Gasteiger partial charge is 0.306 e. The van der Waals surface area contributed by atoms with Crippen molar-refractivity contribution in [1.82, 2.24) is 5.32 Å². The third-order valence-electron chi connectivity index (χ3n) is 2.73. The van der Waals surface area contributed by atoms with Gasteiger partial charge < -0.3 is 10.1 Å². The molecule has 0 heterocycles. The quantitative estimate of drug-likeness (QED) is 0.585. The van der Waals surface area contributed by atoms with Crippen LogP contribution in [0.15, 0.2) is 30.3 Å². The summed E-state index contributed by atoms with van der Waals surface area (Å²) < 4.78 is 4.80. The number of benzene rings is 1. The first-order valence-electron chi connectivity index (χ1n) is 6.77. The highest BCUT2D eigenvalue weighted by Gasteiger charge is 2.09. The Hall–Kier alpha value is -1.94. The second-order valence-electron chi connectivity index (χ2n) is 4.31. The fourth-order valence-corrected chi connectivity index (χ4v) is 1.69.